The number of ether oxygens (including phenoxy) is 2. The van der Waals surface area contributed by atoms with Crippen molar-refractivity contribution in [2.24, 2.45) is 0 Å². The quantitative estimate of drug-likeness (QED) is 0.885. The first-order chi connectivity index (χ1) is 10.6. The maximum Gasteiger partial charge on any atom is 0.265 e. The molecule has 2 aromatic rings. The van der Waals surface area contributed by atoms with Crippen LogP contribution in [0, 0.1) is 0 Å². The fourth-order valence-electron chi connectivity index (χ4n) is 2.01. The number of nitrogens with one attached hydrogen (secondary N) is 1. The predicted molar refractivity (Wildman–Crippen MR) is 87.5 cm³/mol. The first-order valence-electron chi connectivity index (χ1n) is 7.33. The van der Waals surface area contributed by atoms with E-state index in [1.54, 1.807) is 20.1 Å². The van der Waals surface area contributed by atoms with Gasteiger partial charge in [-0.15, -0.1) is 0 Å². The Morgan fingerprint density at radius 3 is 2.50 bits per heavy atom. The van der Waals surface area contributed by atoms with Gasteiger partial charge in [0.1, 0.15) is 11.5 Å². The van der Waals surface area contributed by atoms with Crippen LogP contribution >= 0.6 is 0 Å². The summed E-state index contributed by atoms with van der Waals surface area (Å²) >= 11 is 0. The van der Waals surface area contributed by atoms with Crippen molar-refractivity contribution >= 4 is 11.6 Å². The fourth-order valence-corrected chi connectivity index (χ4v) is 2.01. The molecule has 0 fully saturated rings. The van der Waals surface area contributed by atoms with Crippen molar-refractivity contribution in [3.8, 4) is 11.5 Å². The lowest BCUT2D eigenvalue weighted by molar-refractivity contribution is -0.122. The van der Waals surface area contributed by atoms with Crippen molar-refractivity contribution in [1.82, 2.24) is 0 Å². The van der Waals surface area contributed by atoms with E-state index in [4.69, 9.17) is 9.47 Å². The number of methoxy groups -OCH3 is 1. The van der Waals surface area contributed by atoms with E-state index >= 15 is 0 Å². The summed E-state index contributed by atoms with van der Waals surface area (Å²) in [5.41, 5.74) is 1.92. The molecule has 1 N–H and O–H groups in total. The number of hydrogen-bond donors (Lipinski definition) is 1. The number of hydrogen-bond acceptors (Lipinski definition) is 3. The monoisotopic (exact) mass is 299 g/mol. The number of rotatable bonds is 6. The van der Waals surface area contributed by atoms with Gasteiger partial charge in [0.15, 0.2) is 6.10 Å². The van der Waals surface area contributed by atoms with Gasteiger partial charge in [-0.05, 0) is 43.2 Å². The molecule has 0 radical (unpaired) electrons. The molecular weight excluding hydrogens is 278 g/mol. The minimum atomic E-state index is -0.585. The van der Waals surface area contributed by atoms with E-state index < -0.39 is 6.10 Å². The fraction of sp³-hybridized carbons (Fsp3) is 0.278. The van der Waals surface area contributed by atoms with Crippen LogP contribution in [0.15, 0.2) is 48.5 Å². The van der Waals surface area contributed by atoms with Gasteiger partial charge in [-0.1, -0.05) is 25.1 Å². The summed E-state index contributed by atoms with van der Waals surface area (Å²) in [4.78, 5) is 12.2. The smallest absolute Gasteiger partial charge is 0.265 e. The minimum absolute atomic E-state index is 0.201. The highest BCUT2D eigenvalue weighted by molar-refractivity contribution is 5.94. The molecule has 0 unspecified atom stereocenters. The Kier molecular flexibility index (Phi) is 5.42. The van der Waals surface area contributed by atoms with Gasteiger partial charge in [-0.3, -0.25) is 4.79 Å². The van der Waals surface area contributed by atoms with E-state index in [-0.39, 0.29) is 5.91 Å². The molecular formula is C18H21NO3. The second kappa shape index (κ2) is 7.50. The highest BCUT2D eigenvalue weighted by atomic mass is 16.5. The Hall–Kier alpha value is -2.49. The lowest BCUT2D eigenvalue weighted by atomic mass is 10.2. The van der Waals surface area contributed by atoms with Crippen LogP contribution in [0.3, 0.4) is 0 Å². The number of benzene rings is 2. The summed E-state index contributed by atoms with van der Waals surface area (Å²) in [7, 11) is 1.59. The van der Waals surface area contributed by atoms with E-state index in [9.17, 15) is 4.79 Å². The van der Waals surface area contributed by atoms with E-state index in [1.807, 2.05) is 42.5 Å². The summed E-state index contributed by atoms with van der Waals surface area (Å²) in [6.07, 6.45) is 0.394. The average molecular weight is 299 g/mol. The summed E-state index contributed by atoms with van der Waals surface area (Å²) in [6, 6.07) is 15.0. The van der Waals surface area contributed by atoms with Gasteiger partial charge in [-0.2, -0.15) is 0 Å². The minimum Gasteiger partial charge on any atom is -0.497 e. The SMILES string of the molecule is CCc1ccc(O[C@H](C)C(=O)Nc2cccc(OC)c2)cc1. The van der Waals surface area contributed by atoms with Crippen LogP contribution in [0.25, 0.3) is 0 Å². The Morgan fingerprint density at radius 2 is 1.86 bits per heavy atom. The third-order valence-electron chi connectivity index (χ3n) is 3.35. The van der Waals surface area contributed by atoms with Crippen LogP contribution < -0.4 is 14.8 Å². The van der Waals surface area contributed by atoms with Crippen molar-refractivity contribution < 1.29 is 14.3 Å². The standard InChI is InChI=1S/C18H21NO3/c1-4-14-8-10-16(11-9-14)22-13(2)18(20)19-15-6-5-7-17(12-15)21-3/h5-13H,4H2,1-3H3,(H,19,20)/t13-/m1/s1. The molecule has 0 saturated carbocycles. The molecule has 2 rings (SSSR count). The normalized spacial score (nSPS) is 11.6. The topological polar surface area (TPSA) is 47.6 Å². The van der Waals surface area contributed by atoms with Crippen LogP contribution in [0.1, 0.15) is 19.4 Å². The Bertz CT molecular complexity index is 622. The Morgan fingerprint density at radius 1 is 1.14 bits per heavy atom. The van der Waals surface area contributed by atoms with Crippen LogP contribution in [0.5, 0.6) is 11.5 Å². The molecule has 2 aromatic carbocycles. The van der Waals surface area contributed by atoms with Crippen LogP contribution in [-0.2, 0) is 11.2 Å². The summed E-state index contributed by atoms with van der Waals surface area (Å²) in [5.74, 6) is 1.18. The molecule has 0 aliphatic carbocycles. The Balaban J connectivity index is 1.96. The Labute approximate surface area is 131 Å². The van der Waals surface area contributed by atoms with Crippen molar-refractivity contribution in [3.63, 3.8) is 0 Å². The molecule has 0 aliphatic rings. The number of anilines is 1. The van der Waals surface area contributed by atoms with Gasteiger partial charge in [0.05, 0.1) is 7.11 Å². The number of aryl methyl sites for hydroxylation is 1. The number of carbonyl (C=O) groups excluding carboxylic acids is 1. The highest BCUT2D eigenvalue weighted by Gasteiger charge is 2.15. The van der Waals surface area contributed by atoms with Crippen LogP contribution in [0.2, 0.25) is 0 Å². The van der Waals surface area contributed by atoms with Crippen molar-refractivity contribution in [2.75, 3.05) is 12.4 Å². The summed E-state index contributed by atoms with van der Waals surface area (Å²) < 4.78 is 10.8. The van der Waals surface area contributed by atoms with Crippen molar-refractivity contribution in [3.05, 3.63) is 54.1 Å². The van der Waals surface area contributed by atoms with E-state index in [2.05, 4.69) is 12.2 Å². The zero-order valence-corrected chi connectivity index (χ0v) is 13.1. The molecule has 1 amide bonds. The van der Waals surface area contributed by atoms with Crippen molar-refractivity contribution in [1.29, 1.82) is 0 Å². The maximum atomic E-state index is 12.2. The second-order valence-electron chi connectivity index (χ2n) is 4.98. The molecule has 0 bridgehead atoms. The zero-order valence-electron chi connectivity index (χ0n) is 13.1. The molecule has 0 heterocycles. The third kappa shape index (κ3) is 4.25. The van der Waals surface area contributed by atoms with E-state index in [1.165, 1.54) is 5.56 Å². The van der Waals surface area contributed by atoms with Gasteiger partial charge in [0.2, 0.25) is 0 Å². The van der Waals surface area contributed by atoms with Crippen LogP contribution in [0.4, 0.5) is 5.69 Å². The van der Waals surface area contributed by atoms with Gasteiger partial charge in [0, 0.05) is 11.8 Å². The molecule has 116 valence electrons. The predicted octanol–water partition coefficient (Wildman–Crippen LogP) is 3.66. The van der Waals surface area contributed by atoms with Gasteiger partial charge in [-0.25, -0.2) is 0 Å². The molecule has 0 aromatic heterocycles. The number of carbonyl (C=O) groups is 1. The third-order valence-corrected chi connectivity index (χ3v) is 3.35. The molecule has 0 spiro atoms. The summed E-state index contributed by atoms with van der Waals surface area (Å²) in [5, 5.41) is 2.82. The lowest BCUT2D eigenvalue weighted by Gasteiger charge is -2.15. The number of amides is 1. The maximum absolute atomic E-state index is 12.2. The van der Waals surface area contributed by atoms with Gasteiger partial charge in [0.25, 0.3) is 5.91 Å². The molecule has 4 nitrogen and oxygen atoms in total. The first-order valence-corrected chi connectivity index (χ1v) is 7.33. The molecule has 1 atom stereocenters. The molecule has 0 saturated heterocycles. The molecule has 22 heavy (non-hydrogen) atoms. The van der Waals surface area contributed by atoms with Gasteiger partial charge < -0.3 is 14.8 Å². The highest BCUT2D eigenvalue weighted by Crippen LogP contribution is 2.18. The summed E-state index contributed by atoms with van der Waals surface area (Å²) in [6.45, 7) is 3.82. The zero-order chi connectivity index (χ0) is 15.9. The van der Waals surface area contributed by atoms with Crippen LogP contribution in [-0.4, -0.2) is 19.1 Å². The average Bonchev–Trinajstić information content (AvgIpc) is 2.55. The first kappa shape index (κ1) is 15.9. The van der Waals surface area contributed by atoms with Gasteiger partial charge >= 0.3 is 0 Å². The van der Waals surface area contributed by atoms with E-state index in [0.29, 0.717) is 17.2 Å². The molecule has 4 heteroatoms. The molecule has 0 aliphatic heterocycles. The van der Waals surface area contributed by atoms with Crippen molar-refractivity contribution in [2.45, 2.75) is 26.4 Å². The lowest BCUT2D eigenvalue weighted by Crippen LogP contribution is -2.30. The largest absolute Gasteiger partial charge is 0.497 e. The second-order valence-corrected chi connectivity index (χ2v) is 4.98. The van der Waals surface area contributed by atoms with E-state index in [0.717, 1.165) is 6.42 Å².